The van der Waals surface area contributed by atoms with Gasteiger partial charge in [0.2, 0.25) is 0 Å². The number of ether oxygens (including phenoxy) is 4. The maximum absolute atomic E-state index is 12.3. The first-order valence-electron chi connectivity index (χ1n) is 10.6. The largest absolute Gasteiger partial charge is 0.480 e. The minimum absolute atomic E-state index is 0.0407. The van der Waals surface area contributed by atoms with Gasteiger partial charge in [-0.3, -0.25) is 4.79 Å². The third kappa shape index (κ3) is 5.15. The van der Waals surface area contributed by atoms with Gasteiger partial charge >= 0.3 is 18.0 Å². The SMILES string of the molecule is CC1(CC(=O)OC[C@H](NC(=O)OCC2c3ccccc3-c3ccccc32)C(=O)O)OCCO1. The van der Waals surface area contributed by atoms with Crippen molar-refractivity contribution in [3.8, 4) is 11.1 Å². The number of carboxylic acid groups (broad SMARTS) is 1. The Morgan fingerprint density at radius 2 is 1.61 bits per heavy atom. The first kappa shape index (κ1) is 22.8. The van der Waals surface area contributed by atoms with Crippen LogP contribution in [0.1, 0.15) is 30.4 Å². The molecule has 0 aromatic heterocycles. The Balaban J connectivity index is 1.32. The molecule has 9 heteroatoms. The molecule has 1 aliphatic carbocycles. The molecule has 174 valence electrons. The minimum atomic E-state index is -1.46. The molecule has 1 amide bonds. The Bertz CT molecular complexity index is 1000. The van der Waals surface area contributed by atoms with Gasteiger partial charge < -0.3 is 29.4 Å². The number of esters is 1. The number of hydrogen-bond acceptors (Lipinski definition) is 7. The summed E-state index contributed by atoms with van der Waals surface area (Å²) in [5, 5.41) is 11.6. The second-order valence-corrected chi connectivity index (χ2v) is 8.05. The summed E-state index contributed by atoms with van der Waals surface area (Å²) in [6.07, 6.45) is -1.10. The van der Waals surface area contributed by atoms with Crippen LogP contribution in [-0.2, 0) is 28.5 Å². The van der Waals surface area contributed by atoms with Crippen LogP contribution >= 0.6 is 0 Å². The lowest BCUT2D eigenvalue weighted by Crippen LogP contribution is -2.45. The van der Waals surface area contributed by atoms with E-state index < -0.39 is 36.5 Å². The fourth-order valence-electron chi connectivity index (χ4n) is 4.11. The van der Waals surface area contributed by atoms with Gasteiger partial charge in [0.15, 0.2) is 11.8 Å². The molecular weight excluding hydrogens is 430 g/mol. The Labute approximate surface area is 190 Å². The molecule has 0 bridgehead atoms. The number of carbonyl (C=O) groups excluding carboxylic acids is 2. The standard InChI is InChI=1S/C24H25NO8/c1-24(32-10-11-33-24)12-21(26)30-14-20(22(27)28)25-23(29)31-13-19-17-8-4-2-6-15(17)16-7-3-5-9-18(16)19/h2-9,19-20H,10-14H2,1H3,(H,25,29)(H,27,28)/t20-/m0/s1. The monoisotopic (exact) mass is 455 g/mol. The molecule has 2 aromatic carbocycles. The van der Waals surface area contributed by atoms with E-state index in [9.17, 15) is 19.5 Å². The minimum Gasteiger partial charge on any atom is -0.480 e. The Kier molecular flexibility index (Phi) is 6.62. The molecule has 1 fully saturated rings. The van der Waals surface area contributed by atoms with E-state index in [4.69, 9.17) is 18.9 Å². The maximum atomic E-state index is 12.3. The zero-order chi connectivity index (χ0) is 23.4. The van der Waals surface area contributed by atoms with Gasteiger partial charge in [-0.15, -0.1) is 0 Å². The van der Waals surface area contributed by atoms with Crippen molar-refractivity contribution in [1.82, 2.24) is 5.32 Å². The van der Waals surface area contributed by atoms with E-state index in [0.717, 1.165) is 22.3 Å². The first-order valence-corrected chi connectivity index (χ1v) is 10.6. The van der Waals surface area contributed by atoms with Crippen molar-refractivity contribution in [3.63, 3.8) is 0 Å². The number of rotatable bonds is 8. The molecule has 0 radical (unpaired) electrons. The second kappa shape index (κ2) is 9.60. The van der Waals surface area contributed by atoms with Gasteiger partial charge in [0, 0.05) is 5.92 Å². The van der Waals surface area contributed by atoms with Crippen LogP contribution in [0.15, 0.2) is 48.5 Å². The van der Waals surface area contributed by atoms with E-state index >= 15 is 0 Å². The predicted octanol–water partition coefficient (Wildman–Crippen LogP) is 2.67. The van der Waals surface area contributed by atoms with Crippen molar-refractivity contribution >= 4 is 18.0 Å². The number of carbonyl (C=O) groups is 3. The summed E-state index contributed by atoms with van der Waals surface area (Å²) >= 11 is 0. The van der Waals surface area contributed by atoms with Crippen molar-refractivity contribution < 1.29 is 38.4 Å². The molecule has 0 saturated carbocycles. The number of alkyl carbamates (subject to hydrolysis) is 1. The summed E-state index contributed by atoms with van der Waals surface area (Å²) in [6.45, 7) is 1.83. The smallest absolute Gasteiger partial charge is 0.407 e. The van der Waals surface area contributed by atoms with Crippen LogP contribution in [0.4, 0.5) is 4.79 Å². The molecular formula is C24H25NO8. The van der Waals surface area contributed by atoms with Gasteiger partial charge in [0.05, 0.1) is 19.6 Å². The summed E-state index contributed by atoms with van der Waals surface area (Å²) in [6, 6.07) is 14.3. The lowest BCUT2D eigenvalue weighted by Gasteiger charge is -2.21. The van der Waals surface area contributed by atoms with Crippen molar-refractivity contribution in [2.24, 2.45) is 0 Å². The van der Waals surface area contributed by atoms with Crippen molar-refractivity contribution in [2.75, 3.05) is 26.4 Å². The molecule has 4 rings (SSSR count). The number of aliphatic carboxylic acids is 1. The average molecular weight is 455 g/mol. The molecule has 9 nitrogen and oxygen atoms in total. The summed E-state index contributed by atoms with van der Waals surface area (Å²) < 4.78 is 21.0. The van der Waals surface area contributed by atoms with E-state index in [2.05, 4.69) is 5.32 Å². The van der Waals surface area contributed by atoms with Crippen LogP contribution in [-0.4, -0.2) is 61.4 Å². The zero-order valence-electron chi connectivity index (χ0n) is 18.1. The van der Waals surface area contributed by atoms with Gasteiger partial charge in [-0.2, -0.15) is 0 Å². The van der Waals surface area contributed by atoms with Crippen LogP contribution in [0.5, 0.6) is 0 Å². The molecule has 2 aliphatic rings. The molecule has 1 aliphatic heterocycles. The lowest BCUT2D eigenvalue weighted by molar-refractivity contribution is -0.175. The highest BCUT2D eigenvalue weighted by molar-refractivity contribution is 5.81. The number of nitrogens with one attached hydrogen (secondary N) is 1. The molecule has 1 heterocycles. The molecule has 0 unspecified atom stereocenters. The van der Waals surface area contributed by atoms with E-state index in [1.54, 1.807) is 6.92 Å². The van der Waals surface area contributed by atoms with E-state index in [1.807, 2.05) is 48.5 Å². The van der Waals surface area contributed by atoms with E-state index in [-0.39, 0.29) is 18.9 Å². The zero-order valence-corrected chi connectivity index (χ0v) is 18.1. The molecule has 1 atom stereocenters. The first-order chi connectivity index (χ1) is 15.9. The maximum Gasteiger partial charge on any atom is 0.407 e. The fourth-order valence-corrected chi connectivity index (χ4v) is 4.11. The topological polar surface area (TPSA) is 120 Å². The highest BCUT2D eigenvalue weighted by atomic mass is 16.7. The molecule has 0 spiro atoms. The second-order valence-electron chi connectivity index (χ2n) is 8.05. The summed E-state index contributed by atoms with van der Waals surface area (Å²) in [5.74, 6) is -3.29. The Morgan fingerprint density at radius 1 is 1.03 bits per heavy atom. The van der Waals surface area contributed by atoms with Crippen molar-refractivity contribution in [1.29, 1.82) is 0 Å². The third-order valence-electron chi connectivity index (χ3n) is 5.71. The predicted molar refractivity (Wildman–Crippen MR) is 116 cm³/mol. The molecule has 1 saturated heterocycles. The number of fused-ring (bicyclic) bond motifs is 3. The Hall–Kier alpha value is -3.43. The van der Waals surface area contributed by atoms with Crippen LogP contribution < -0.4 is 5.32 Å². The highest BCUT2D eigenvalue weighted by Crippen LogP contribution is 2.44. The molecule has 33 heavy (non-hydrogen) atoms. The normalized spacial score (nSPS) is 17.0. The van der Waals surface area contributed by atoms with Crippen molar-refractivity contribution in [2.45, 2.75) is 31.1 Å². The lowest BCUT2D eigenvalue weighted by atomic mass is 9.98. The molecule has 2 N–H and O–H groups in total. The van der Waals surface area contributed by atoms with Crippen molar-refractivity contribution in [3.05, 3.63) is 59.7 Å². The van der Waals surface area contributed by atoms with E-state index in [1.165, 1.54) is 0 Å². The van der Waals surface area contributed by atoms with Gasteiger partial charge in [0.25, 0.3) is 0 Å². The quantitative estimate of drug-likeness (QED) is 0.583. The average Bonchev–Trinajstić information content (AvgIpc) is 3.36. The number of benzene rings is 2. The third-order valence-corrected chi connectivity index (χ3v) is 5.71. The summed E-state index contributed by atoms with van der Waals surface area (Å²) in [5.41, 5.74) is 4.25. The molecule has 2 aromatic rings. The van der Waals surface area contributed by atoms with Crippen LogP contribution in [0.25, 0.3) is 11.1 Å². The summed E-state index contributed by atoms with van der Waals surface area (Å²) in [4.78, 5) is 35.9. The van der Waals surface area contributed by atoms with Crippen LogP contribution in [0.3, 0.4) is 0 Å². The highest BCUT2D eigenvalue weighted by Gasteiger charge is 2.35. The van der Waals surface area contributed by atoms with Gasteiger partial charge in [-0.25, -0.2) is 9.59 Å². The summed E-state index contributed by atoms with van der Waals surface area (Å²) in [7, 11) is 0. The van der Waals surface area contributed by atoms with Crippen LogP contribution in [0.2, 0.25) is 0 Å². The van der Waals surface area contributed by atoms with Gasteiger partial charge in [-0.05, 0) is 29.2 Å². The van der Waals surface area contributed by atoms with Crippen LogP contribution in [0, 0.1) is 0 Å². The van der Waals surface area contributed by atoms with Gasteiger partial charge in [0.1, 0.15) is 13.2 Å². The number of hydrogen-bond donors (Lipinski definition) is 2. The van der Waals surface area contributed by atoms with E-state index in [0.29, 0.717) is 13.2 Å². The number of carboxylic acids is 1. The van der Waals surface area contributed by atoms with Gasteiger partial charge in [-0.1, -0.05) is 48.5 Å². The Morgan fingerprint density at radius 3 is 2.18 bits per heavy atom. The fraction of sp³-hybridized carbons (Fsp3) is 0.375. The number of amides is 1.